The molecule has 8 heteroatoms. The van der Waals surface area contributed by atoms with Gasteiger partial charge in [0.1, 0.15) is 23.5 Å². The largest absolute Gasteiger partial charge is 0.416 e. The van der Waals surface area contributed by atoms with Crippen LogP contribution in [0.1, 0.15) is 5.56 Å². The van der Waals surface area contributed by atoms with Crippen LogP contribution in [0.2, 0.25) is 0 Å². The molecule has 0 aliphatic rings. The van der Waals surface area contributed by atoms with Crippen LogP contribution >= 0.6 is 0 Å². The summed E-state index contributed by atoms with van der Waals surface area (Å²) in [6.45, 7) is 0. The molecule has 0 atom stereocenters. The van der Waals surface area contributed by atoms with E-state index in [-0.39, 0.29) is 11.4 Å². The van der Waals surface area contributed by atoms with Gasteiger partial charge in [0, 0.05) is 0 Å². The van der Waals surface area contributed by atoms with Crippen LogP contribution in [0, 0.1) is 5.82 Å². The molecule has 0 spiro atoms. The Kier molecular flexibility index (Phi) is 2.66. The molecule has 1 N–H and O–H groups in total. The fourth-order valence-electron chi connectivity index (χ4n) is 1.77. The molecule has 0 bridgehead atoms. The first-order chi connectivity index (χ1) is 9.45. The molecule has 0 aliphatic heterocycles. The lowest BCUT2D eigenvalue weighted by molar-refractivity contribution is -0.137. The predicted molar refractivity (Wildman–Crippen MR) is 62.1 cm³/mol. The van der Waals surface area contributed by atoms with Crippen molar-refractivity contribution in [2.24, 2.45) is 0 Å². The van der Waals surface area contributed by atoms with E-state index in [9.17, 15) is 17.6 Å². The summed E-state index contributed by atoms with van der Waals surface area (Å²) in [4.78, 5) is 14.4. The van der Waals surface area contributed by atoms with Gasteiger partial charge in [-0.1, -0.05) is 0 Å². The highest BCUT2D eigenvalue weighted by Gasteiger charge is 2.31. The maximum atomic E-state index is 13.8. The van der Waals surface area contributed by atoms with Crippen molar-refractivity contribution < 1.29 is 17.6 Å². The number of aromatic amines is 1. The van der Waals surface area contributed by atoms with Gasteiger partial charge in [-0.25, -0.2) is 19.3 Å². The summed E-state index contributed by atoms with van der Waals surface area (Å²) in [5.41, 5.74) is -0.318. The average Bonchev–Trinajstić information content (AvgIpc) is 2.80. The first-order valence-corrected chi connectivity index (χ1v) is 5.48. The molecular weight excluding hydrogens is 276 g/mol. The van der Waals surface area contributed by atoms with Gasteiger partial charge in [-0.2, -0.15) is 13.2 Å². The molecule has 0 fully saturated rings. The summed E-state index contributed by atoms with van der Waals surface area (Å²) in [6.07, 6.45) is -1.87. The number of hydrogen-bond acceptors (Lipinski definition) is 3. The molecule has 20 heavy (non-hydrogen) atoms. The van der Waals surface area contributed by atoms with Gasteiger partial charge >= 0.3 is 6.18 Å². The summed E-state index contributed by atoms with van der Waals surface area (Å²) >= 11 is 0. The fraction of sp³-hybridized carbons (Fsp3) is 0.0833. The maximum absolute atomic E-state index is 13.8. The Labute approximate surface area is 109 Å². The highest BCUT2D eigenvalue weighted by molar-refractivity contribution is 5.74. The zero-order valence-electron chi connectivity index (χ0n) is 9.74. The topological polar surface area (TPSA) is 54.5 Å². The van der Waals surface area contributed by atoms with Crippen molar-refractivity contribution in [3.63, 3.8) is 0 Å². The Balaban J connectivity index is 2.10. The zero-order valence-corrected chi connectivity index (χ0v) is 9.74. The van der Waals surface area contributed by atoms with E-state index in [2.05, 4.69) is 19.9 Å². The number of nitrogens with zero attached hydrogens (tertiary/aromatic N) is 3. The summed E-state index contributed by atoms with van der Waals surface area (Å²) in [5.74, 6) is -0.904. The summed E-state index contributed by atoms with van der Waals surface area (Å²) in [7, 11) is 0. The molecule has 0 amide bonds. The minimum Gasteiger partial charge on any atom is -0.335 e. The van der Waals surface area contributed by atoms with Crippen LogP contribution in [0.4, 0.5) is 17.6 Å². The van der Waals surface area contributed by atoms with Crippen LogP contribution < -0.4 is 0 Å². The van der Waals surface area contributed by atoms with Gasteiger partial charge in [0.15, 0.2) is 5.65 Å². The van der Waals surface area contributed by atoms with E-state index < -0.39 is 17.6 Å². The predicted octanol–water partition coefficient (Wildman–Crippen LogP) is 3.18. The number of alkyl halides is 3. The van der Waals surface area contributed by atoms with Gasteiger partial charge in [-0.3, -0.25) is 0 Å². The minimum absolute atomic E-state index is 0.0593. The summed E-state index contributed by atoms with van der Waals surface area (Å²) in [5, 5.41) is 0. The Morgan fingerprint density at radius 2 is 1.95 bits per heavy atom. The van der Waals surface area contributed by atoms with Crippen LogP contribution in [0.3, 0.4) is 0 Å². The second-order valence-corrected chi connectivity index (χ2v) is 4.04. The molecule has 3 rings (SSSR count). The normalized spacial score (nSPS) is 12.0. The molecule has 1 aromatic carbocycles. The molecule has 0 saturated carbocycles. The highest BCUT2D eigenvalue weighted by atomic mass is 19.4. The Morgan fingerprint density at radius 1 is 1.15 bits per heavy atom. The van der Waals surface area contributed by atoms with E-state index in [0.717, 1.165) is 12.1 Å². The van der Waals surface area contributed by atoms with Crippen LogP contribution in [0.5, 0.6) is 0 Å². The SMILES string of the molecule is Fc1cc(C(F)(F)F)ccc1-c1nc2ncncc2[nH]1. The quantitative estimate of drug-likeness (QED) is 0.697. The summed E-state index contributed by atoms with van der Waals surface area (Å²) < 4.78 is 51.2. The Hall–Kier alpha value is -2.51. The van der Waals surface area contributed by atoms with Crippen molar-refractivity contribution in [3.05, 3.63) is 42.1 Å². The second-order valence-electron chi connectivity index (χ2n) is 4.04. The number of nitrogens with one attached hydrogen (secondary N) is 1. The van der Waals surface area contributed by atoms with Crippen molar-refractivity contribution in [3.8, 4) is 11.4 Å². The van der Waals surface area contributed by atoms with Gasteiger partial charge in [0.05, 0.1) is 17.3 Å². The zero-order chi connectivity index (χ0) is 14.3. The fourth-order valence-corrected chi connectivity index (χ4v) is 1.77. The van der Waals surface area contributed by atoms with Crippen LogP contribution in [0.15, 0.2) is 30.7 Å². The van der Waals surface area contributed by atoms with E-state index in [1.54, 1.807) is 0 Å². The maximum Gasteiger partial charge on any atom is 0.416 e. The van der Waals surface area contributed by atoms with Crippen LogP contribution in [0.25, 0.3) is 22.6 Å². The lowest BCUT2D eigenvalue weighted by Crippen LogP contribution is -2.05. The molecule has 0 saturated heterocycles. The molecule has 0 radical (unpaired) electrons. The van der Waals surface area contributed by atoms with E-state index in [1.165, 1.54) is 12.5 Å². The molecule has 3 aromatic rings. The number of hydrogen-bond donors (Lipinski definition) is 1. The number of H-pyrrole nitrogens is 1. The molecule has 0 unspecified atom stereocenters. The molecular formula is C12H6F4N4. The molecule has 2 aromatic heterocycles. The van der Waals surface area contributed by atoms with Gasteiger partial charge in [-0.05, 0) is 18.2 Å². The van der Waals surface area contributed by atoms with E-state index in [0.29, 0.717) is 17.2 Å². The number of aromatic nitrogens is 4. The van der Waals surface area contributed by atoms with E-state index in [4.69, 9.17) is 0 Å². The monoisotopic (exact) mass is 282 g/mol. The molecule has 4 nitrogen and oxygen atoms in total. The van der Waals surface area contributed by atoms with Crippen molar-refractivity contribution >= 4 is 11.2 Å². The number of benzene rings is 1. The van der Waals surface area contributed by atoms with Crippen molar-refractivity contribution in [1.82, 2.24) is 19.9 Å². The molecule has 102 valence electrons. The average molecular weight is 282 g/mol. The van der Waals surface area contributed by atoms with E-state index in [1.807, 2.05) is 0 Å². The third-order valence-corrected chi connectivity index (χ3v) is 2.71. The van der Waals surface area contributed by atoms with Crippen molar-refractivity contribution in [2.75, 3.05) is 0 Å². The Bertz CT molecular complexity index is 745. The highest BCUT2D eigenvalue weighted by Crippen LogP contribution is 2.32. The third-order valence-electron chi connectivity index (χ3n) is 2.71. The minimum atomic E-state index is -4.58. The molecule has 2 heterocycles. The van der Waals surface area contributed by atoms with Crippen LogP contribution in [-0.2, 0) is 6.18 Å². The van der Waals surface area contributed by atoms with Gasteiger partial charge in [0.25, 0.3) is 0 Å². The first-order valence-electron chi connectivity index (χ1n) is 5.48. The number of imidazole rings is 1. The number of halogens is 4. The van der Waals surface area contributed by atoms with E-state index >= 15 is 0 Å². The lowest BCUT2D eigenvalue weighted by Gasteiger charge is -2.07. The van der Waals surface area contributed by atoms with Gasteiger partial charge < -0.3 is 4.98 Å². The van der Waals surface area contributed by atoms with Gasteiger partial charge in [0.2, 0.25) is 0 Å². The standard InChI is InChI=1S/C12H6F4N4/c13-8-3-6(12(14,15)16)1-2-7(8)10-19-9-4-17-5-18-11(9)20-10/h1-5H,(H,17,18,19,20). The lowest BCUT2D eigenvalue weighted by atomic mass is 10.1. The van der Waals surface area contributed by atoms with Crippen molar-refractivity contribution in [1.29, 1.82) is 0 Å². The first kappa shape index (κ1) is 12.5. The second kappa shape index (κ2) is 4.26. The Morgan fingerprint density at radius 3 is 2.60 bits per heavy atom. The molecule has 0 aliphatic carbocycles. The van der Waals surface area contributed by atoms with Crippen LogP contribution in [-0.4, -0.2) is 19.9 Å². The number of rotatable bonds is 1. The van der Waals surface area contributed by atoms with Crippen molar-refractivity contribution in [2.45, 2.75) is 6.18 Å². The third kappa shape index (κ3) is 2.09. The smallest absolute Gasteiger partial charge is 0.335 e. The number of fused-ring (bicyclic) bond motifs is 1. The van der Waals surface area contributed by atoms with Gasteiger partial charge in [-0.15, -0.1) is 0 Å². The summed E-state index contributed by atoms with van der Waals surface area (Å²) in [6, 6.07) is 2.27.